The Bertz CT molecular complexity index is 545. The zero-order valence-electron chi connectivity index (χ0n) is 9.43. The molecule has 0 aliphatic heterocycles. The molecule has 17 heavy (non-hydrogen) atoms. The Kier molecular flexibility index (Phi) is 3.19. The van der Waals surface area contributed by atoms with Crippen LogP contribution in [0.4, 0.5) is 0 Å². The lowest BCUT2D eigenvalue weighted by atomic mass is 10.2. The van der Waals surface area contributed by atoms with Gasteiger partial charge in [-0.2, -0.15) is 0 Å². The maximum atomic E-state index is 10.8. The Morgan fingerprint density at radius 2 is 2.00 bits per heavy atom. The summed E-state index contributed by atoms with van der Waals surface area (Å²) in [5.74, 6) is -0.858. The molecule has 2 aromatic rings. The molecule has 0 radical (unpaired) electrons. The van der Waals surface area contributed by atoms with E-state index in [0.717, 1.165) is 10.5 Å². The molecular weight excluding hydrogens is 238 g/mol. The van der Waals surface area contributed by atoms with Gasteiger partial charge in [0.15, 0.2) is 0 Å². The maximum absolute atomic E-state index is 10.8. The van der Waals surface area contributed by atoms with Crippen molar-refractivity contribution in [2.45, 2.75) is 11.8 Å². The van der Waals surface area contributed by atoms with Gasteiger partial charge >= 0.3 is 5.97 Å². The lowest BCUT2D eigenvalue weighted by Crippen LogP contribution is -1.95. The Morgan fingerprint density at radius 3 is 2.47 bits per heavy atom. The van der Waals surface area contributed by atoms with Crippen molar-refractivity contribution in [1.29, 1.82) is 0 Å². The van der Waals surface area contributed by atoms with Gasteiger partial charge in [-0.25, -0.2) is 9.78 Å². The number of aromatic nitrogens is 1. The summed E-state index contributed by atoms with van der Waals surface area (Å²) in [5, 5.41) is 8.87. The molecule has 5 heteroatoms. The first-order valence-electron chi connectivity index (χ1n) is 4.97. The van der Waals surface area contributed by atoms with E-state index in [1.807, 2.05) is 30.5 Å². The fourth-order valence-electron chi connectivity index (χ4n) is 1.45. The number of hydrogen-bond donors (Lipinski definition) is 1. The summed E-state index contributed by atoms with van der Waals surface area (Å²) in [7, 11) is 0. The van der Waals surface area contributed by atoms with Gasteiger partial charge in [0.2, 0.25) is 11.7 Å². The van der Waals surface area contributed by atoms with Crippen molar-refractivity contribution < 1.29 is 14.3 Å². The fourth-order valence-corrected chi connectivity index (χ4v) is 1.86. The SMILES string of the molecule is CSc1ccc(-c2nc(C)c(C(=O)O)o2)cc1. The van der Waals surface area contributed by atoms with E-state index < -0.39 is 5.97 Å². The third-order valence-corrected chi connectivity index (χ3v) is 3.07. The first kappa shape index (κ1) is 11.7. The number of rotatable bonds is 3. The molecule has 2 rings (SSSR count). The Morgan fingerprint density at radius 1 is 1.35 bits per heavy atom. The highest BCUT2D eigenvalue weighted by Gasteiger charge is 2.16. The van der Waals surface area contributed by atoms with Crippen LogP contribution in [0.2, 0.25) is 0 Å². The quantitative estimate of drug-likeness (QED) is 0.847. The number of oxazole rings is 1. The van der Waals surface area contributed by atoms with Gasteiger partial charge in [0.25, 0.3) is 0 Å². The van der Waals surface area contributed by atoms with Crippen LogP contribution < -0.4 is 0 Å². The van der Waals surface area contributed by atoms with E-state index in [9.17, 15) is 4.79 Å². The molecule has 88 valence electrons. The number of carboxylic acid groups (broad SMARTS) is 1. The molecule has 0 saturated heterocycles. The van der Waals surface area contributed by atoms with Gasteiger partial charge in [-0.3, -0.25) is 0 Å². The third kappa shape index (κ3) is 2.34. The van der Waals surface area contributed by atoms with Crippen LogP contribution in [-0.2, 0) is 0 Å². The first-order chi connectivity index (χ1) is 8.11. The Balaban J connectivity index is 2.39. The fraction of sp³-hybridized carbons (Fsp3) is 0.167. The van der Waals surface area contributed by atoms with Gasteiger partial charge < -0.3 is 9.52 Å². The normalized spacial score (nSPS) is 10.5. The monoisotopic (exact) mass is 249 g/mol. The van der Waals surface area contributed by atoms with Crippen molar-refractivity contribution in [3.05, 3.63) is 35.7 Å². The molecule has 1 aromatic carbocycles. The van der Waals surface area contributed by atoms with Crippen molar-refractivity contribution in [1.82, 2.24) is 4.98 Å². The van der Waals surface area contributed by atoms with Crippen LogP contribution in [0.5, 0.6) is 0 Å². The molecule has 0 aliphatic carbocycles. The van der Waals surface area contributed by atoms with E-state index >= 15 is 0 Å². The van der Waals surface area contributed by atoms with Crippen molar-refractivity contribution in [3.8, 4) is 11.5 Å². The molecule has 0 aliphatic rings. The summed E-state index contributed by atoms with van der Waals surface area (Å²) in [6.07, 6.45) is 1.99. The molecule has 1 N–H and O–H groups in total. The highest BCUT2D eigenvalue weighted by molar-refractivity contribution is 7.98. The number of carbonyl (C=O) groups is 1. The molecule has 0 fully saturated rings. The van der Waals surface area contributed by atoms with Gasteiger partial charge in [-0.05, 0) is 37.4 Å². The van der Waals surface area contributed by atoms with Crippen molar-refractivity contribution >= 4 is 17.7 Å². The molecule has 0 saturated carbocycles. The summed E-state index contributed by atoms with van der Waals surface area (Å²) in [5.41, 5.74) is 1.17. The number of aromatic carboxylic acids is 1. The first-order valence-corrected chi connectivity index (χ1v) is 6.19. The lowest BCUT2D eigenvalue weighted by Gasteiger charge is -1.97. The van der Waals surface area contributed by atoms with Crippen molar-refractivity contribution in [3.63, 3.8) is 0 Å². The van der Waals surface area contributed by atoms with Gasteiger partial charge in [-0.1, -0.05) is 0 Å². The standard InChI is InChI=1S/C12H11NO3S/c1-7-10(12(14)15)16-11(13-7)8-3-5-9(17-2)6-4-8/h3-6H,1-2H3,(H,14,15). The van der Waals surface area contributed by atoms with E-state index in [1.165, 1.54) is 0 Å². The minimum Gasteiger partial charge on any atom is -0.475 e. The van der Waals surface area contributed by atoms with Crippen LogP contribution in [-0.4, -0.2) is 22.3 Å². The van der Waals surface area contributed by atoms with E-state index in [2.05, 4.69) is 4.98 Å². The maximum Gasteiger partial charge on any atom is 0.373 e. The van der Waals surface area contributed by atoms with Crippen LogP contribution in [0.15, 0.2) is 33.6 Å². The highest BCUT2D eigenvalue weighted by Crippen LogP contribution is 2.24. The zero-order chi connectivity index (χ0) is 12.4. The summed E-state index contributed by atoms with van der Waals surface area (Å²) >= 11 is 1.64. The van der Waals surface area contributed by atoms with Crippen molar-refractivity contribution in [2.75, 3.05) is 6.26 Å². The number of benzene rings is 1. The minimum atomic E-state index is -1.10. The van der Waals surface area contributed by atoms with Gasteiger partial charge in [0, 0.05) is 10.5 Å². The highest BCUT2D eigenvalue weighted by atomic mass is 32.2. The molecule has 0 bridgehead atoms. The summed E-state index contributed by atoms with van der Waals surface area (Å²) in [6.45, 7) is 1.62. The second-order valence-corrected chi connectivity index (χ2v) is 4.35. The van der Waals surface area contributed by atoms with Crippen LogP contribution in [0.1, 0.15) is 16.2 Å². The lowest BCUT2D eigenvalue weighted by molar-refractivity contribution is 0.0662. The predicted octanol–water partition coefficient (Wildman–Crippen LogP) is 3.07. The average molecular weight is 249 g/mol. The van der Waals surface area contributed by atoms with Crippen LogP contribution >= 0.6 is 11.8 Å². The summed E-state index contributed by atoms with van der Waals surface area (Å²) in [4.78, 5) is 16.1. The Hall–Kier alpha value is -1.75. The van der Waals surface area contributed by atoms with Gasteiger partial charge in [0.1, 0.15) is 0 Å². The summed E-state index contributed by atoms with van der Waals surface area (Å²) in [6, 6.07) is 7.62. The topological polar surface area (TPSA) is 63.3 Å². The molecule has 1 heterocycles. The van der Waals surface area contributed by atoms with Gasteiger partial charge in [-0.15, -0.1) is 11.8 Å². The number of hydrogen-bond acceptors (Lipinski definition) is 4. The zero-order valence-corrected chi connectivity index (χ0v) is 10.2. The molecule has 0 amide bonds. The van der Waals surface area contributed by atoms with E-state index in [0.29, 0.717) is 11.6 Å². The molecule has 1 aromatic heterocycles. The van der Waals surface area contributed by atoms with Crippen molar-refractivity contribution in [2.24, 2.45) is 0 Å². The van der Waals surface area contributed by atoms with Crippen LogP contribution in [0, 0.1) is 6.92 Å². The Labute approximate surface area is 103 Å². The average Bonchev–Trinajstić information content (AvgIpc) is 2.71. The number of aryl methyl sites for hydroxylation is 1. The van der Waals surface area contributed by atoms with E-state index in [-0.39, 0.29) is 5.76 Å². The summed E-state index contributed by atoms with van der Waals surface area (Å²) < 4.78 is 5.22. The molecule has 4 nitrogen and oxygen atoms in total. The molecule has 0 unspecified atom stereocenters. The predicted molar refractivity (Wildman–Crippen MR) is 65.4 cm³/mol. The molecular formula is C12H11NO3S. The van der Waals surface area contributed by atoms with E-state index in [1.54, 1.807) is 18.7 Å². The second-order valence-electron chi connectivity index (χ2n) is 3.47. The molecule has 0 spiro atoms. The van der Waals surface area contributed by atoms with Gasteiger partial charge in [0.05, 0.1) is 5.69 Å². The minimum absolute atomic E-state index is 0.103. The number of thioether (sulfide) groups is 1. The van der Waals surface area contributed by atoms with E-state index in [4.69, 9.17) is 9.52 Å². The largest absolute Gasteiger partial charge is 0.475 e. The number of nitrogens with zero attached hydrogens (tertiary/aromatic N) is 1. The van der Waals surface area contributed by atoms with Crippen LogP contribution in [0.25, 0.3) is 11.5 Å². The number of carboxylic acids is 1. The molecule has 0 atom stereocenters. The second kappa shape index (κ2) is 4.63. The van der Waals surface area contributed by atoms with Crippen LogP contribution in [0.3, 0.4) is 0 Å². The smallest absolute Gasteiger partial charge is 0.373 e. The third-order valence-electron chi connectivity index (χ3n) is 2.33.